The molecule has 0 fully saturated rings. The summed E-state index contributed by atoms with van der Waals surface area (Å²) in [5.74, 6) is 0. The van der Waals surface area contributed by atoms with E-state index in [-0.39, 0.29) is 11.6 Å². The fourth-order valence-electron chi connectivity index (χ4n) is 3.77. The van der Waals surface area contributed by atoms with E-state index in [0.29, 0.717) is 33.8 Å². The first-order valence-electron chi connectivity index (χ1n) is 10.8. The summed E-state index contributed by atoms with van der Waals surface area (Å²) in [7, 11) is 1.79. The molecule has 2 heterocycles. The van der Waals surface area contributed by atoms with Crippen molar-refractivity contribution in [1.29, 1.82) is 0 Å². The molecule has 0 radical (unpaired) electrons. The van der Waals surface area contributed by atoms with Crippen molar-refractivity contribution in [2.24, 2.45) is 7.05 Å². The summed E-state index contributed by atoms with van der Waals surface area (Å²) in [5, 5.41) is 1.78. The molecule has 2 aromatic heterocycles. The molecule has 0 saturated carbocycles. The van der Waals surface area contributed by atoms with Crippen molar-refractivity contribution in [3.05, 3.63) is 69.7 Å². The molecule has 0 aliphatic heterocycles. The maximum absolute atomic E-state index is 8.85. The highest BCUT2D eigenvalue weighted by Crippen LogP contribution is 2.40. The Kier molecular flexibility index (Phi) is 2.89. The van der Waals surface area contributed by atoms with Crippen molar-refractivity contribution in [1.82, 2.24) is 0 Å². The normalized spacial score (nSPS) is 13.9. The third-order valence-corrected chi connectivity index (χ3v) is 5.48. The molecule has 0 aliphatic carbocycles. The Morgan fingerprint density at radius 3 is 2.56 bits per heavy atom. The molecule has 0 aliphatic rings. The van der Waals surface area contributed by atoms with Crippen LogP contribution in [-0.4, -0.2) is 0 Å². The predicted octanol–water partition coefficient (Wildman–Crippen LogP) is 6.17. The number of nitrogens with zero attached hydrogens (tertiary/aromatic N) is 2. The summed E-state index contributed by atoms with van der Waals surface area (Å²) < 4.78 is 40.7. The van der Waals surface area contributed by atoms with E-state index in [1.165, 1.54) is 0 Å². The minimum Gasteiger partial charge on any atom is -0.455 e. The van der Waals surface area contributed by atoms with E-state index in [2.05, 4.69) is 4.85 Å². The van der Waals surface area contributed by atoms with E-state index in [1.807, 2.05) is 32.0 Å². The van der Waals surface area contributed by atoms with Gasteiger partial charge in [0.2, 0.25) is 5.69 Å². The number of hydrogen-bond donors (Lipinski definition) is 0. The third-order valence-electron chi connectivity index (χ3n) is 5.48. The lowest BCUT2D eigenvalue weighted by molar-refractivity contribution is -0.667. The van der Waals surface area contributed by atoms with Crippen LogP contribution in [0.4, 0.5) is 5.69 Å². The maximum Gasteiger partial charge on any atom is 0.216 e. The summed E-state index contributed by atoms with van der Waals surface area (Å²) in [6.07, 6.45) is 0. The van der Waals surface area contributed by atoms with E-state index in [4.69, 9.17) is 16.5 Å². The summed E-state index contributed by atoms with van der Waals surface area (Å²) in [6.45, 7) is 12.5. The fraction of sp³-hybridized carbons (Fsp3) is 0.250. The van der Waals surface area contributed by atoms with Crippen molar-refractivity contribution in [2.45, 2.75) is 34.5 Å². The Hall–Kier alpha value is -3.12. The van der Waals surface area contributed by atoms with Gasteiger partial charge in [0.25, 0.3) is 0 Å². The van der Waals surface area contributed by atoms with Crippen molar-refractivity contribution >= 4 is 27.6 Å². The molecular formula is C24H23N2O+. The van der Waals surface area contributed by atoms with Crippen molar-refractivity contribution in [3.63, 3.8) is 0 Å². The van der Waals surface area contributed by atoms with E-state index in [9.17, 15) is 0 Å². The van der Waals surface area contributed by atoms with Gasteiger partial charge in [0.05, 0.1) is 13.5 Å². The topological polar surface area (TPSA) is 21.4 Å². The van der Waals surface area contributed by atoms with Gasteiger partial charge in [0, 0.05) is 33.4 Å². The molecule has 4 aromatic rings. The van der Waals surface area contributed by atoms with Crippen LogP contribution in [0.3, 0.4) is 0 Å². The van der Waals surface area contributed by atoms with Crippen LogP contribution in [0.5, 0.6) is 0 Å². The summed E-state index contributed by atoms with van der Waals surface area (Å²) in [6, 6.07) is 7.72. The van der Waals surface area contributed by atoms with Gasteiger partial charge in [-0.05, 0) is 50.4 Å². The van der Waals surface area contributed by atoms with E-state index >= 15 is 0 Å². The second-order valence-electron chi connectivity index (χ2n) is 7.05. The first kappa shape index (κ1) is 13.1. The molecule has 0 atom stereocenters. The zero-order valence-corrected chi connectivity index (χ0v) is 16.1. The molecule has 4 rings (SSSR count). The number of aryl methyl sites for hydroxylation is 2. The highest BCUT2D eigenvalue weighted by atomic mass is 16.3. The van der Waals surface area contributed by atoms with Gasteiger partial charge < -0.3 is 4.42 Å². The number of aromatic nitrogens is 1. The largest absolute Gasteiger partial charge is 0.455 e. The second kappa shape index (κ2) is 5.96. The van der Waals surface area contributed by atoms with Gasteiger partial charge in [-0.25, -0.2) is 4.85 Å². The molecule has 0 bridgehead atoms. The Morgan fingerprint density at radius 1 is 1.07 bits per heavy atom. The van der Waals surface area contributed by atoms with Crippen LogP contribution in [0.1, 0.15) is 33.4 Å². The molecule has 3 nitrogen and oxygen atoms in total. The zero-order chi connectivity index (χ0) is 22.8. The molecule has 2 aromatic carbocycles. The SMILES string of the molecule is [2H]c1c(C)c(C([2H])([2H])[2H])c(C)[n+](C)c1-c1c(C)ccc2c1oc1ccc([N+]#[C-])c(C)c12. The van der Waals surface area contributed by atoms with Crippen LogP contribution in [0.2, 0.25) is 0 Å². The van der Waals surface area contributed by atoms with Gasteiger partial charge in [-0.15, -0.1) is 0 Å². The maximum atomic E-state index is 8.85. The van der Waals surface area contributed by atoms with Crippen LogP contribution < -0.4 is 4.57 Å². The summed E-state index contributed by atoms with van der Waals surface area (Å²) in [4.78, 5) is 3.61. The quantitative estimate of drug-likeness (QED) is 0.294. The van der Waals surface area contributed by atoms with Crippen LogP contribution in [-0.2, 0) is 7.05 Å². The molecule has 0 unspecified atom stereocenters. The van der Waals surface area contributed by atoms with Crippen LogP contribution >= 0.6 is 0 Å². The van der Waals surface area contributed by atoms with Crippen molar-refractivity contribution in [3.8, 4) is 11.3 Å². The summed E-state index contributed by atoms with van der Waals surface area (Å²) >= 11 is 0. The third kappa shape index (κ3) is 2.37. The summed E-state index contributed by atoms with van der Waals surface area (Å²) in [5.41, 5.74) is 6.36. The molecular weight excluding hydrogens is 332 g/mol. The highest BCUT2D eigenvalue weighted by Gasteiger charge is 2.24. The standard InChI is InChI=1S/C24H23N2O/c1-13-8-9-18-23-16(4)19(25-6)10-11-21(23)27-24(18)22(13)20-12-14(2)15(3)17(5)26(20)7/h8-12H,1-5,7H3/q+1/i3D3,12D. The Balaban J connectivity index is 2.18. The first-order valence-corrected chi connectivity index (χ1v) is 8.82. The van der Waals surface area contributed by atoms with Gasteiger partial charge in [-0.1, -0.05) is 18.2 Å². The lowest BCUT2D eigenvalue weighted by atomic mass is 9.97. The van der Waals surface area contributed by atoms with Crippen molar-refractivity contribution < 1.29 is 14.5 Å². The van der Waals surface area contributed by atoms with Crippen LogP contribution in [0.15, 0.2) is 34.7 Å². The van der Waals surface area contributed by atoms with Crippen molar-refractivity contribution in [2.75, 3.05) is 0 Å². The Bertz CT molecular complexity index is 1410. The molecule has 27 heavy (non-hydrogen) atoms. The fourth-order valence-corrected chi connectivity index (χ4v) is 3.77. The van der Waals surface area contributed by atoms with E-state index in [0.717, 1.165) is 27.5 Å². The van der Waals surface area contributed by atoms with Gasteiger partial charge in [0.15, 0.2) is 11.4 Å². The van der Waals surface area contributed by atoms with E-state index < -0.39 is 6.85 Å². The van der Waals surface area contributed by atoms with Crippen LogP contribution in [0.25, 0.3) is 38.0 Å². The molecule has 134 valence electrons. The minimum absolute atomic E-state index is 0.175. The first-order chi connectivity index (χ1) is 14.5. The van der Waals surface area contributed by atoms with Gasteiger partial charge in [-0.3, -0.25) is 0 Å². The predicted molar refractivity (Wildman–Crippen MR) is 110 cm³/mol. The number of furan rings is 1. The average Bonchev–Trinajstić information content (AvgIpc) is 3.07. The molecule has 0 spiro atoms. The minimum atomic E-state index is -2.30. The highest BCUT2D eigenvalue weighted by molar-refractivity contribution is 6.12. The lowest BCUT2D eigenvalue weighted by Gasteiger charge is -2.10. The Morgan fingerprint density at radius 2 is 1.85 bits per heavy atom. The molecule has 3 heteroatoms. The van der Waals surface area contributed by atoms with Gasteiger partial charge in [0.1, 0.15) is 18.2 Å². The van der Waals surface area contributed by atoms with E-state index in [1.54, 1.807) is 31.5 Å². The van der Waals surface area contributed by atoms with Gasteiger partial charge in [-0.2, -0.15) is 4.57 Å². The number of rotatable bonds is 1. The monoisotopic (exact) mass is 359 g/mol. The number of fused-ring (bicyclic) bond motifs is 3. The van der Waals surface area contributed by atoms with Crippen LogP contribution in [0, 0.1) is 41.1 Å². The number of pyridine rings is 1. The second-order valence-corrected chi connectivity index (χ2v) is 7.05. The van der Waals surface area contributed by atoms with Gasteiger partial charge >= 0.3 is 0 Å². The lowest BCUT2D eigenvalue weighted by Crippen LogP contribution is -2.36. The molecule has 0 amide bonds. The number of hydrogen-bond acceptors (Lipinski definition) is 1. The molecule has 0 N–H and O–H groups in total. The average molecular weight is 359 g/mol. The smallest absolute Gasteiger partial charge is 0.216 e. The zero-order valence-electron chi connectivity index (χ0n) is 20.1. The Labute approximate surface area is 165 Å². The molecule has 0 saturated heterocycles. The number of benzene rings is 2.